The molecule has 0 radical (unpaired) electrons. The third-order valence-corrected chi connectivity index (χ3v) is 3.77. The largest absolute Gasteiger partial charge is 0.499 e. The normalized spacial score (nSPS) is 14.4. The third-order valence-electron chi connectivity index (χ3n) is 3.77. The fourth-order valence-corrected chi connectivity index (χ4v) is 1.62. The first-order chi connectivity index (χ1) is 10.5. The molecule has 0 aliphatic heterocycles. The molecule has 0 saturated carbocycles. The van der Waals surface area contributed by atoms with Crippen LogP contribution in [0.4, 0.5) is 0 Å². The predicted octanol–water partition coefficient (Wildman–Crippen LogP) is 2.28. The Morgan fingerprint density at radius 2 is 1.22 bits per heavy atom. The Kier molecular flexibility index (Phi) is 7.82. The summed E-state index contributed by atoms with van der Waals surface area (Å²) >= 11 is 0. The van der Waals surface area contributed by atoms with Gasteiger partial charge in [0, 0.05) is 0 Å². The summed E-state index contributed by atoms with van der Waals surface area (Å²) in [4.78, 5) is 23.0. The van der Waals surface area contributed by atoms with Crippen LogP contribution in [0, 0.1) is 10.8 Å². The average molecular weight is 330 g/mol. The minimum atomic E-state index is -1.30. The first kappa shape index (κ1) is 21.0. The second-order valence-electron chi connectivity index (χ2n) is 6.17. The fourth-order valence-electron chi connectivity index (χ4n) is 1.62. The van der Waals surface area contributed by atoms with Gasteiger partial charge in [0.2, 0.25) is 0 Å². The predicted molar refractivity (Wildman–Crippen MR) is 83.8 cm³/mol. The van der Waals surface area contributed by atoms with Gasteiger partial charge >= 0.3 is 11.9 Å². The van der Waals surface area contributed by atoms with Gasteiger partial charge in [-0.15, -0.1) is 0 Å². The van der Waals surface area contributed by atoms with E-state index in [1.165, 1.54) is 40.2 Å². The van der Waals surface area contributed by atoms with Crippen molar-refractivity contribution in [2.75, 3.05) is 13.2 Å². The molecule has 0 aliphatic carbocycles. The Balaban J connectivity index is 5.49. The van der Waals surface area contributed by atoms with Crippen molar-refractivity contribution in [3.63, 3.8) is 0 Å². The fraction of sp³-hybridized carbons (Fsp3) is 0.625. The molecule has 0 rings (SSSR count). The molecule has 7 nitrogen and oxygen atoms in total. The number of carbonyl (C=O) groups is 2. The molecule has 0 aliphatic rings. The lowest BCUT2D eigenvalue weighted by molar-refractivity contribution is -0.184. The summed E-state index contributed by atoms with van der Waals surface area (Å²) in [6.07, 6.45) is 0.530. The zero-order valence-corrected chi connectivity index (χ0v) is 14.1. The zero-order chi connectivity index (χ0) is 18.3. The second kappa shape index (κ2) is 8.57. The Bertz CT molecular complexity index is 400. The topological polar surface area (TPSA) is 102 Å². The number of rotatable bonds is 12. The van der Waals surface area contributed by atoms with Gasteiger partial charge < -0.3 is 24.4 Å². The van der Waals surface area contributed by atoms with E-state index in [1.54, 1.807) is 0 Å². The van der Waals surface area contributed by atoms with Crippen LogP contribution in [0.2, 0.25) is 0 Å². The smallest absolute Gasteiger partial charge is 0.311 e. The number of carboxylic acid groups (broad SMARTS) is 2. The number of ether oxygens (including phenoxy) is 3. The Hall–Kier alpha value is -2.02. The Labute approximate surface area is 136 Å². The number of hydrogen-bond donors (Lipinski definition) is 2. The average Bonchev–Trinajstić information content (AvgIpc) is 2.45. The van der Waals surface area contributed by atoms with E-state index in [-0.39, 0.29) is 13.2 Å². The summed E-state index contributed by atoms with van der Waals surface area (Å²) in [5, 5.41) is 18.8. The third kappa shape index (κ3) is 5.59. The Morgan fingerprint density at radius 1 is 0.913 bits per heavy atom. The zero-order valence-electron chi connectivity index (χ0n) is 14.1. The molecule has 132 valence electrons. The molecule has 0 amide bonds. The van der Waals surface area contributed by atoms with E-state index in [2.05, 4.69) is 13.2 Å². The van der Waals surface area contributed by atoms with Crippen molar-refractivity contribution >= 4 is 11.9 Å². The molecule has 0 aromatic carbocycles. The van der Waals surface area contributed by atoms with Gasteiger partial charge in [-0.05, 0) is 27.7 Å². The summed E-state index contributed by atoms with van der Waals surface area (Å²) < 4.78 is 16.0. The highest BCUT2D eigenvalue weighted by Crippen LogP contribution is 2.31. The van der Waals surface area contributed by atoms with E-state index in [0.717, 1.165) is 0 Å². The molecule has 0 aromatic rings. The first-order valence-electron chi connectivity index (χ1n) is 7.09. The molecule has 2 atom stereocenters. The standard InChI is InChI=1S/C16H26O7/c1-7-21-9-11(15(3,4)13(17)18)23-12(10-22-8-2)16(5,6)14(19)20/h7-8,11-12H,1-2,9-10H2,3-6H3,(H,17,18)(H,19,20). The van der Waals surface area contributed by atoms with Crippen molar-refractivity contribution in [2.24, 2.45) is 10.8 Å². The van der Waals surface area contributed by atoms with Crippen LogP contribution in [-0.4, -0.2) is 47.6 Å². The molecule has 0 spiro atoms. The van der Waals surface area contributed by atoms with E-state index < -0.39 is 35.0 Å². The maximum atomic E-state index is 11.5. The summed E-state index contributed by atoms with van der Waals surface area (Å²) in [7, 11) is 0. The van der Waals surface area contributed by atoms with Crippen molar-refractivity contribution in [1.82, 2.24) is 0 Å². The van der Waals surface area contributed by atoms with Gasteiger partial charge in [0.15, 0.2) is 0 Å². The van der Waals surface area contributed by atoms with Crippen LogP contribution in [0.1, 0.15) is 27.7 Å². The van der Waals surface area contributed by atoms with Crippen LogP contribution < -0.4 is 0 Å². The van der Waals surface area contributed by atoms with Crippen molar-refractivity contribution in [3.8, 4) is 0 Å². The van der Waals surface area contributed by atoms with Crippen LogP contribution in [0.5, 0.6) is 0 Å². The monoisotopic (exact) mass is 330 g/mol. The van der Waals surface area contributed by atoms with Gasteiger partial charge in [-0.1, -0.05) is 13.2 Å². The lowest BCUT2D eigenvalue weighted by atomic mass is 9.84. The lowest BCUT2D eigenvalue weighted by Gasteiger charge is -2.37. The molecule has 0 aromatic heterocycles. The molecule has 0 fully saturated rings. The molecular weight excluding hydrogens is 304 g/mol. The summed E-state index contributed by atoms with van der Waals surface area (Å²) in [6, 6.07) is 0. The van der Waals surface area contributed by atoms with Gasteiger partial charge in [0.05, 0.1) is 23.4 Å². The summed E-state index contributed by atoms with van der Waals surface area (Å²) in [6.45, 7) is 12.6. The van der Waals surface area contributed by atoms with Crippen LogP contribution in [0.25, 0.3) is 0 Å². The van der Waals surface area contributed by atoms with E-state index in [1.807, 2.05) is 0 Å². The number of hydrogen-bond acceptors (Lipinski definition) is 5. The molecule has 7 heteroatoms. The highest BCUT2D eigenvalue weighted by Gasteiger charge is 2.45. The molecular formula is C16H26O7. The highest BCUT2D eigenvalue weighted by molar-refractivity contribution is 5.75. The van der Waals surface area contributed by atoms with Crippen LogP contribution in [0.15, 0.2) is 25.7 Å². The van der Waals surface area contributed by atoms with Gasteiger partial charge in [-0.25, -0.2) is 0 Å². The van der Waals surface area contributed by atoms with Gasteiger partial charge in [-0.2, -0.15) is 0 Å². The maximum absolute atomic E-state index is 11.5. The SMILES string of the molecule is C=COCC(OC(COC=C)C(C)(C)C(=O)O)C(C)(C)C(=O)O. The van der Waals surface area contributed by atoms with Crippen molar-refractivity contribution in [1.29, 1.82) is 0 Å². The van der Waals surface area contributed by atoms with E-state index >= 15 is 0 Å². The van der Waals surface area contributed by atoms with Crippen LogP contribution >= 0.6 is 0 Å². The van der Waals surface area contributed by atoms with Crippen molar-refractivity contribution in [3.05, 3.63) is 25.7 Å². The van der Waals surface area contributed by atoms with Crippen molar-refractivity contribution < 1.29 is 34.0 Å². The highest BCUT2D eigenvalue weighted by atomic mass is 16.6. The lowest BCUT2D eigenvalue weighted by Crippen LogP contribution is -2.50. The van der Waals surface area contributed by atoms with E-state index in [4.69, 9.17) is 14.2 Å². The number of carboxylic acids is 2. The molecule has 2 N–H and O–H groups in total. The summed E-state index contributed by atoms with van der Waals surface area (Å²) in [5.41, 5.74) is -2.60. The maximum Gasteiger partial charge on any atom is 0.311 e. The molecule has 0 saturated heterocycles. The van der Waals surface area contributed by atoms with E-state index in [0.29, 0.717) is 0 Å². The van der Waals surface area contributed by atoms with Crippen molar-refractivity contribution in [2.45, 2.75) is 39.9 Å². The Morgan fingerprint density at radius 3 is 1.43 bits per heavy atom. The van der Waals surface area contributed by atoms with E-state index in [9.17, 15) is 19.8 Å². The quantitative estimate of drug-likeness (QED) is 0.529. The second-order valence-corrected chi connectivity index (χ2v) is 6.17. The van der Waals surface area contributed by atoms with Crippen LogP contribution in [0.3, 0.4) is 0 Å². The summed E-state index contributed by atoms with van der Waals surface area (Å²) in [5.74, 6) is -2.18. The minimum Gasteiger partial charge on any atom is -0.499 e. The van der Waals surface area contributed by atoms with Gasteiger partial charge in [0.25, 0.3) is 0 Å². The molecule has 23 heavy (non-hydrogen) atoms. The first-order valence-corrected chi connectivity index (χ1v) is 7.09. The molecule has 2 unspecified atom stereocenters. The van der Waals surface area contributed by atoms with Crippen LogP contribution in [-0.2, 0) is 23.8 Å². The van der Waals surface area contributed by atoms with Gasteiger partial charge in [0.1, 0.15) is 25.4 Å². The molecule has 0 heterocycles. The molecule has 0 bridgehead atoms. The number of aliphatic carboxylic acids is 2. The van der Waals surface area contributed by atoms with Gasteiger partial charge in [-0.3, -0.25) is 9.59 Å². The minimum absolute atomic E-state index is 0.0803.